The minimum atomic E-state index is -0.469. The number of carbonyl (C=O) groups is 1. The number of hydrogen-bond donors (Lipinski definition) is 3. The molecule has 1 saturated carbocycles. The van der Waals surface area contributed by atoms with Crippen LogP contribution in [0.1, 0.15) is 35.0 Å². The Hall–Kier alpha value is -2.35. The first-order chi connectivity index (χ1) is 10.0. The van der Waals surface area contributed by atoms with E-state index in [1.54, 1.807) is 17.9 Å². The van der Waals surface area contributed by atoms with E-state index in [-0.39, 0.29) is 23.8 Å². The summed E-state index contributed by atoms with van der Waals surface area (Å²) in [5, 5.41) is 18.5. The van der Waals surface area contributed by atoms with Crippen molar-refractivity contribution in [3.63, 3.8) is 0 Å². The molecule has 0 aromatic carbocycles. The summed E-state index contributed by atoms with van der Waals surface area (Å²) in [6.45, 7) is 0. The molecule has 112 valence electrons. The number of hydrogen-bond acceptors (Lipinski definition) is 5. The molecule has 0 radical (unpaired) electrons. The highest BCUT2D eigenvalue weighted by Gasteiger charge is 2.36. The van der Waals surface area contributed by atoms with E-state index in [2.05, 4.69) is 15.6 Å². The van der Waals surface area contributed by atoms with Crippen molar-refractivity contribution in [2.24, 2.45) is 13.0 Å². The maximum absolute atomic E-state index is 12.1. The van der Waals surface area contributed by atoms with Crippen molar-refractivity contribution in [1.29, 1.82) is 0 Å². The third-order valence-electron chi connectivity index (χ3n) is 3.74. The Morgan fingerprint density at radius 1 is 1.62 bits per heavy atom. The normalized spacial score (nSPS) is 22.6. The molecule has 0 saturated heterocycles. The number of aromatic amines is 1. The molecule has 1 atom stereocenters. The first-order valence-electron chi connectivity index (χ1n) is 6.69. The molecule has 1 fully saturated rings. The predicted octanol–water partition coefficient (Wildman–Crippen LogP) is -0.0566. The lowest BCUT2D eigenvalue weighted by molar-refractivity contribution is 0.0231. The van der Waals surface area contributed by atoms with Crippen molar-refractivity contribution >= 4 is 5.91 Å². The SMILES string of the molecule is Cn1cc([C@@H](NC(=O)c2cc(=O)[nH]o2)C2CC(O)C2)cn1. The van der Waals surface area contributed by atoms with Crippen molar-refractivity contribution in [3.05, 3.63) is 40.1 Å². The zero-order valence-electron chi connectivity index (χ0n) is 11.4. The highest BCUT2D eigenvalue weighted by atomic mass is 16.5. The van der Waals surface area contributed by atoms with Crippen molar-refractivity contribution in [2.45, 2.75) is 25.0 Å². The van der Waals surface area contributed by atoms with Crippen LogP contribution in [0.25, 0.3) is 0 Å². The van der Waals surface area contributed by atoms with Gasteiger partial charge in [0.15, 0.2) is 0 Å². The van der Waals surface area contributed by atoms with Gasteiger partial charge in [0, 0.05) is 18.8 Å². The van der Waals surface area contributed by atoms with Gasteiger partial charge < -0.3 is 14.9 Å². The number of amides is 1. The van der Waals surface area contributed by atoms with Gasteiger partial charge in [-0.25, -0.2) is 0 Å². The van der Waals surface area contributed by atoms with E-state index in [4.69, 9.17) is 4.52 Å². The van der Waals surface area contributed by atoms with Gasteiger partial charge in [-0.15, -0.1) is 0 Å². The van der Waals surface area contributed by atoms with E-state index in [9.17, 15) is 14.7 Å². The minimum absolute atomic E-state index is 0.0613. The molecular weight excluding hydrogens is 276 g/mol. The molecule has 3 rings (SSSR count). The monoisotopic (exact) mass is 292 g/mol. The molecule has 2 aromatic heterocycles. The largest absolute Gasteiger partial charge is 0.393 e. The van der Waals surface area contributed by atoms with Crippen LogP contribution in [0.3, 0.4) is 0 Å². The van der Waals surface area contributed by atoms with Crippen LogP contribution in [0.2, 0.25) is 0 Å². The van der Waals surface area contributed by atoms with Crippen LogP contribution < -0.4 is 10.9 Å². The van der Waals surface area contributed by atoms with E-state index in [0.29, 0.717) is 12.8 Å². The Bertz CT molecular complexity index is 695. The van der Waals surface area contributed by atoms with Gasteiger partial charge >= 0.3 is 0 Å². The highest BCUT2D eigenvalue weighted by Crippen LogP contribution is 2.38. The lowest BCUT2D eigenvalue weighted by atomic mass is 9.75. The topological polar surface area (TPSA) is 113 Å². The maximum Gasteiger partial charge on any atom is 0.290 e. The maximum atomic E-state index is 12.1. The molecule has 2 heterocycles. The molecule has 8 heteroatoms. The number of aliphatic hydroxyl groups is 1. The molecule has 1 aliphatic carbocycles. The molecule has 8 nitrogen and oxygen atoms in total. The highest BCUT2D eigenvalue weighted by molar-refractivity contribution is 5.91. The van der Waals surface area contributed by atoms with Gasteiger partial charge in [0.25, 0.3) is 11.5 Å². The average Bonchev–Trinajstić information content (AvgIpc) is 3.01. The summed E-state index contributed by atoms with van der Waals surface area (Å²) in [5.74, 6) is -0.392. The van der Waals surface area contributed by atoms with Gasteiger partial charge in [-0.05, 0) is 18.8 Å². The molecule has 0 unspecified atom stereocenters. The number of aromatic nitrogens is 3. The summed E-state index contributed by atoms with van der Waals surface area (Å²) in [7, 11) is 1.79. The zero-order chi connectivity index (χ0) is 15.0. The molecular formula is C13H16N4O4. The number of aliphatic hydroxyl groups excluding tert-OH is 1. The second-order valence-corrected chi connectivity index (χ2v) is 5.36. The van der Waals surface area contributed by atoms with Crippen LogP contribution in [-0.4, -0.2) is 32.1 Å². The molecule has 3 N–H and O–H groups in total. The first-order valence-corrected chi connectivity index (χ1v) is 6.69. The second-order valence-electron chi connectivity index (χ2n) is 5.36. The van der Waals surface area contributed by atoms with Crippen molar-refractivity contribution in [2.75, 3.05) is 0 Å². The van der Waals surface area contributed by atoms with Crippen LogP contribution in [0.4, 0.5) is 0 Å². The molecule has 0 aliphatic heterocycles. The minimum Gasteiger partial charge on any atom is -0.393 e. The molecule has 1 aliphatic rings. The van der Waals surface area contributed by atoms with Gasteiger partial charge in [-0.3, -0.25) is 14.3 Å². The quantitative estimate of drug-likeness (QED) is 0.731. The summed E-state index contributed by atoms with van der Waals surface area (Å²) in [6, 6.07) is 0.834. The van der Waals surface area contributed by atoms with Crippen LogP contribution in [0, 0.1) is 5.92 Å². The van der Waals surface area contributed by atoms with Gasteiger partial charge in [-0.1, -0.05) is 0 Å². The zero-order valence-corrected chi connectivity index (χ0v) is 11.4. The van der Waals surface area contributed by atoms with Gasteiger partial charge in [0.1, 0.15) is 0 Å². The molecule has 0 bridgehead atoms. The van der Waals surface area contributed by atoms with E-state index < -0.39 is 11.5 Å². The Labute approximate surface area is 119 Å². The fourth-order valence-electron chi connectivity index (χ4n) is 2.58. The molecule has 21 heavy (non-hydrogen) atoms. The van der Waals surface area contributed by atoms with Crippen LogP contribution in [0.5, 0.6) is 0 Å². The fraction of sp³-hybridized carbons (Fsp3) is 0.462. The molecule has 0 spiro atoms. The summed E-state index contributed by atoms with van der Waals surface area (Å²) >= 11 is 0. The van der Waals surface area contributed by atoms with E-state index in [1.165, 1.54) is 0 Å². The third-order valence-corrected chi connectivity index (χ3v) is 3.74. The smallest absolute Gasteiger partial charge is 0.290 e. The number of carbonyl (C=O) groups excluding carboxylic acids is 1. The number of nitrogens with zero attached hydrogens (tertiary/aromatic N) is 2. The van der Waals surface area contributed by atoms with Crippen LogP contribution in [-0.2, 0) is 7.05 Å². The third kappa shape index (κ3) is 2.75. The lowest BCUT2D eigenvalue weighted by Crippen LogP contribution is -2.41. The number of H-pyrrole nitrogens is 1. The van der Waals surface area contributed by atoms with E-state index >= 15 is 0 Å². The van der Waals surface area contributed by atoms with E-state index in [0.717, 1.165) is 11.6 Å². The number of nitrogens with one attached hydrogen (secondary N) is 2. The van der Waals surface area contributed by atoms with Gasteiger partial charge in [0.05, 0.1) is 24.4 Å². The fourth-order valence-corrected chi connectivity index (χ4v) is 2.58. The molecule has 1 amide bonds. The van der Waals surface area contributed by atoms with Crippen LogP contribution in [0.15, 0.2) is 27.8 Å². The van der Waals surface area contributed by atoms with Gasteiger partial charge in [0.2, 0.25) is 5.76 Å². The van der Waals surface area contributed by atoms with Crippen molar-refractivity contribution < 1.29 is 14.4 Å². The standard InChI is InChI=1S/C13H16N4O4/c1-17-6-8(5-14-17)12(7-2-9(18)3-7)15-13(20)10-4-11(19)16-21-10/h4-7,9,12,18H,2-3H2,1H3,(H,15,20)(H,16,19)/t7?,9?,12-/m0/s1. The summed E-state index contributed by atoms with van der Waals surface area (Å²) in [5.41, 5.74) is 0.401. The van der Waals surface area contributed by atoms with E-state index in [1.807, 2.05) is 6.20 Å². The second kappa shape index (κ2) is 5.21. The lowest BCUT2D eigenvalue weighted by Gasteiger charge is -2.37. The Balaban J connectivity index is 1.79. The predicted molar refractivity (Wildman–Crippen MR) is 71.5 cm³/mol. The Kier molecular flexibility index (Phi) is 3.38. The summed E-state index contributed by atoms with van der Waals surface area (Å²) in [6.07, 6.45) is 4.43. The summed E-state index contributed by atoms with van der Waals surface area (Å²) < 4.78 is 6.45. The Morgan fingerprint density at radius 2 is 2.38 bits per heavy atom. The van der Waals surface area contributed by atoms with Crippen LogP contribution >= 0.6 is 0 Å². The Morgan fingerprint density at radius 3 is 2.90 bits per heavy atom. The van der Waals surface area contributed by atoms with Crippen molar-refractivity contribution in [3.8, 4) is 0 Å². The summed E-state index contributed by atoms with van der Waals surface area (Å²) in [4.78, 5) is 23.1. The first kappa shape index (κ1) is 13.6. The van der Waals surface area contributed by atoms with Gasteiger partial charge in [-0.2, -0.15) is 10.3 Å². The van der Waals surface area contributed by atoms with Crippen molar-refractivity contribution in [1.82, 2.24) is 20.3 Å². The average molecular weight is 292 g/mol. The number of rotatable bonds is 4. The number of aryl methyl sites for hydroxylation is 1. The molecule has 2 aromatic rings.